The summed E-state index contributed by atoms with van der Waals surface area (Å²) in [5, 5.41) is 3.19. The summed E-state index contributed by atoms with van der Waals surface area (Å²) >= 11 is 0. The zero-order valence-electron chi connectivity index (χ0n) is 10.8. The third-order valence-corrected chi connectivity index (χ3v) is 3.86. The molecular formula is C11H20N4O2S. The second-order valence-corrected chi connectivity index (χ2v) is 5.93. The number of hydrogen-bond acceptors (Lipinski definition) is 5. The molecule has 0 aliphatic carbocycles. The maximum atomic E-state index is 11.3. The molecule has 1 aromatic heterocycles. The minimum Gasteiger partial charge on any atom is -0.310 e. The average Bonchev–Trinajstić information content (AvgIpc) is 2.33. The number of nitrogens with one attached hydrogen (secondary N) is 1. The fourth-order valence-corrected chi connectivity index (χ4v) is 2.49. The smallest absolute Gasteiger partial charge is 0.211 e. The van der Waals surface area contributed by atoms with E-state index in [1.54, 1.807) is 18.5 Å². The minimum atomic E-state index is -3.07. The standard InChI is InChI=1S/C11H20N4O2S/c1-3-15(18(2,16)17)9-5-6-12-10-11-13-7-4-8-14-11/h4,7-8,12H,3,5-6,9-10H2,1-2H3. The van der Waals surface area contributed by atoms with Crippen molar-refractivity contribution in [3.05, 3.63) is 24.3 Å². The third-order valence-electron chi connectivity index (χ3n) is 2.49. The van der Waals surface area contributed by atoms with E-state index in [0.29, 0.717) is 19.6 Å². The molecule has 0 amide bonds. The van der Waals surface area contributed by atoms with Gasteiger partial charge in [-0.05, 0) is 19.0 Å². The molecule has 18 heavy (non-hydrogen) atoms. The molecule has 1 aromatic rings. The fourth-order valence-electron chi connectivity index (χ4n) is 1.56. The molecule has 0 atom stereocenters. The van der Waals surface area contributed by atoms with Crippen LogP contribution in [0.2, 0.25) is 0 Å². The Balaban J connectivity index is 2.19. The lowest BCUT2D eigenvalue weighted by atomic mass is 10.4. The van der Waals surface area contributed by atoms with Crippen molar-refractivity contribution in [1.29, 1.82) is 0 Å². The van der Waals surface area contributed by atoms with Crippen molar-refractivity contribution in [2.24, 2.45) is 0 Å². The van der Waals surface area contributed by atoms with E-state index in [9.17, 15) is 8.42 Å². The van der Waals surface area contributed by atoms with Crippen molar-refractivity contribution in [2.75, 3.05) is 25.9 Å². The second kappa shape index (κ2) is 7.40. The third kappa shape index (κ3) is 5.52. The van der Waals surface area contributed by atoms with Crippen LogP contribution < -0.4 is 5.32 Å². The molecular weight excluding hydrogens is 252 g/mol. The zero-order chi connectivity index (χ0) is 13.4. The number of hydrogen-bond donors (Lipinski definition) is 1. The molecule has 7 heteroatoms. The summed E-state index contributed by atoms with van der Waals surface area (Å²) in [7, 11) is -3.07. The van der Waals surface area contributed by atoms with Crippen molar-refractivity contribution in [1.82, 2.24) is 19.6 Å². The summed E-state index contributed by atoms with van der Waals surface area (Å²) in [5.74, 6) is 0.743. The van der Waals surface area contributed by atoms with Gasteiger partial charge in [0.1, 0.15) is 5.82 Å². The number of rotatable bonds is 8. The Kier molecular flexibility index (Phi) is 6.17. The monoisotopic (exact) mass is 272 g/mol. The lowest BCUT2D eigenvalue weighted by Gasteiger charge is -2.17. The van der Waals surface area contributed by atoms with Gasteiger partial charge in [-0.3, -0.25) is 0 Å². The van der Waals surface area contributed by atoms with Crippen molar-refractivity contribution >= 4 is 10.0 Å². The summed E-state index contributed by atoms with van der Waals surface area (Å²) in [6.45, 7) is 4.24. The van der Waals surface area contributed by atoms with Crippen LogP contribution in [0, 0.1) is 0 Å². The lowest BCUT2D eigenvalue weighted by molar-refractivity contribution is 0.418. The van der Waals surface area contributed by atoms with E-state index in [0.717, 1.165) is 18.8 Å². The zero-order valence-corrected chi connectivity index (χ0v) is 11.7. The molecule has 1 heterocycles. The average molecular weight is 272 g/mol. The summed E-state index contributed by atoms with van der Waals surface area (Å²) in [5.41, 5.74) is 0. The van der Waals surface area contributed by atoms with Crippen molar-refractivity contribution in [3.63, 3.8) is 0 Å². The predicted octanol–water partition coefficient (Wildman–Crippen LogP) is 0.238. The predicted molar refractivity (Wildman–Crippen MR) is 70.4 cm³/mol. The minimum absolute atomic E-state index is 0.515. The highest BCUT2D eigenvalue weighted by Crippen LogP contribution is 1.98. The molecule has 0 saturated heterocycles. The van der Waals surface area contributed by atoms with E-state index in [1.165, 1.54) is 10.6 Å². The summed E-state index contributed by atoms with van der Waals surface area (Å²) in [6.07, 6.45) is 5.41. The van der Waals surface area contributed by atoms with Gasteiger partial charge >= 0.3 is 0 Å². The van der Waals surface area contributed by atoms with E-state index in [4.69, 9.17) is 0 Å². The Bertz CT molecular complexity index is 436. The van der Waals surface area contributed by atoms with Crippen molar-refractivity contribution in [2.45, 2.75) is 19.9 Å². The Morgan fingerprint density at radius 3 is 2.56 bits per heavy atom. The topological polar surface area (TPSA) is 75.2 Å². The molecule has 0 unspecified atom stereocenters. The van der Waals surface area contributed by atoms with Crippen LogP contribution in [0.25, 0.3) is 0 Å². The van der Waals surface area contributed by atoms with Gasteiger partial charge in [-0.2, -0.15) is 0 Å². The van der Waals surface area contributed by atoms with E-state index >= 15 is 0 Å². The van der Waals surface area contributed by atoms with Gasteiger partial charge < -0.3 is 5.32 Å². The molecule has 0 aromatic carbocycles. The van der Waals surface area contributed by atoms with Crippen molar-refractivity contribution < 1.29 is 8.42 Å². The number of sulfonamides is 1. The second-order valence-electron chi connectivity index (χ2n) is 3.95. The Labute approximate surface area is 108 Å². The van der Waals surface area contributed by atoms with Crippen LogP contribution >= 0.6 is 0 Å². The number of aromatic nitrogens is 2. The molecule has 0 aliphatic rings. The Hall–Kier alpha value is -1.05. The first-order chi connectivity index (χ1) is 8.54. The highest BCUT2D eigenvalue weighted by atomic mass is 32.2. The number of nitrogens with zero attached hydrogens (tertiary/aromatic N) is 3. The maximum Gasteiger partial charge on any atom is 0.211 e. The van der Waals surface area contributed by atoms with Gasteiger partial charge in [0.25, 0.3) is 0 Å². The fraction of sp³-hybridized carbons (Fsp3) is 0.636. The van der Waals surface area contributed by atoms with E-state index < -0.39 is 10.0 Å². The summed E-state index contributed by atoms with van der Waals surface area (Å²) < 4.78 is 24.1. The highest BCUT2D eigenvalue weighted by Gasteiger charge is 2.12. The maximum absolute atomic E-state index is 11.3. The van der Waals surface area contributed by atoms with Crippen LogP contribution in [-0.4, -0.2) is 48.6 Å². The van der Waals surface area contributed by atoms with E-state index in [-0.39, 0.29) is 0 Å². The van der Waals surface area contributed by atoms with E-state index in [2.05, 4.69) is 15.3 Å². The van der Waals surface area contributed by atoms with Gasteiger partial charge in [-0.25, -0.2) is 22.7 Å². The molecule has 102 valence electrons. The molecule has 1 N–H and O–H groups in total. The van der Waals surface area contributed by atoms with Crippen LogP contribution in [0.3, 0.4) is 0 Å². The van der Waals surface area contributed by atoms with Crippen LogP contribution in [-0.2, 0) is 16.6 Å². The molecule has 0 radical (unpaired) electrons. The summed E-state index contributed by atoms with van der Waals surface area (Å²) in [6, 6.07) is 1.77. The first-order valence-corrected chi connectivity index (χ1v) is 7.80. The Morgan fingerprint density at radius 1 is 1.33 bits per heavy atom. The molecule has 0 aliphatic heterocycles. The highest BCUT2D eigenvalue weighted by molar-refractivity contribution is 7.88. The quantitative estimate of drug-likeness (QED) is 0.686. The van der Waals surface area contributed by atoms with Gasteiger partial charge in [0, 0.05) is 25.5 Å². The molecule has 0 spiro atoms. The summed E-state index contributed by atoms with van der Waals surface area (Å²) in [4.78, 5) is 8.17. The largest absolute Gasteiger partial charge is 0.310 e. The molecule has 0 saturated carbocycles. The van der Waals surface area contributed by atoms with Gasteiger partial charge in [0.2, 0.25) is 10.0 Å². The van der Waals surface area contributed by atoms with Crippen LogP contribution in [0.4, 0.5) is 0 Å². The lowest BCUT2D eigenvalue weighted by Crippen LogP contribution is -2.32. The molecule has 0 fully saturated rings. The normalized spacial score (nSPS) is 11.9. The van der Waals surface area contributed by atoms with E-state index in [1.807, 2.05) is 6.92 Å². The van der Waals surface area contributed by atoms with Gasteiger partial charge in [-0.1, -0.05) is 6.92 Å². The van der Waals surface area contributed by atoms with Crippen LogP contribution in [0.1, 0.15) is 19.2 Å². The van der Waals surface area contributed by atoms with Gasteiger partial charge in [0.15, 0.2) is 0 Å². The molecule has 6 nitrogen and oxygen atoms in total. The van der Waals surface area contributed by atoms with Crippen LogP contribution in [0.15, 0.2) is 18.5 Å². The first kappa shape index (κ1) is 15.0. The van der Waals surface area contributed by atoms with Crippen molar-refractivity contribution in [3.8, 4) is 0 Å². The van der Waals surface area contributed by atoms with Crippen LogP contribution in [0.5, 0.6) is 0 Å². The Morgan fingerprint density at radius 2 is 2.00 bits per heavy atom. The molecule has 0 bridgehead atoms. The first-order valence-electron chi connectivity index (χ1n) is 5.95. The molecule has 1 rings (SSSR count). The van der Waals surface area contributed by atoms with Gasteiger partial charge in [-0.15, -0.1) is 0 Å². The SMILES string of the molecule is CCN(CCCNCc1ncccn1)S(C)(=O)=O. The van der Waals surface area contributed by atoms with Gasteiger partial charge in [0.05, 0.1) is 12.8 Å².